The van der Waals surface area contributed by atoms with Crippen molar-refractivity contribution in [2.75, 3.05) is 13.2 Å². The van der Waals surface area contributed by atoms with Crippen molar-refractivity contribution >= 4 is 17.9 Å². The lowest BCUT2D eigenvalue weighted by molar-refractivity contribution is -0.167. The topological polar surface area (TPSA) is 78.9 Å². The molecule has 0 fully saturated rings. The van der Waals surface area contributed by atoms with E-state index in [-0.39, 0.29) is 31.1 Å². The molecule has 1 unspecified atom stereocenters. The molecule has 0 rings (SSSR count). The summed E-state index contributed by atoms with van der Waals surface area (Å²) in [5.74, 6) is -0.879. The third-order valence-electron chi connectivity index (χ3n) is 15.5. The summed E-state index contributed by atoms with van der Waals surface area (Å²) in [6, 6.07) is 0. The van der Waals surface area contributed by atoms with Crippen LogP contribution in [0.4, 0.5) is 0 Å². The quantitative estimate of drug-likeness (QED) is 0.0261. The third kappa shape index (κ3) is 69.0. The van der Waals surface area contributed by atoms with Crippen molar-refractivity contribution in [3.63, 3.8) is 0 Å². The monoisotopic (exact) mass is 1160 g/mol. The summed E-state index contributed by atoms with van der Waals surface area (Å²) in [6.45, 7) is 6.52. The number of carbonyl (C=O) groups is 3. The minimum absolute atomic E-state index is 0.0802. The molecule has 0 N–H and O–H groups in total. The molecule has 0 heterocycles. The maximum absolute atomic E-state index is 12.9. The van der Waals surface area contributed by atoms with E-state index in [0.717, 1.165) is 103 Å². The molecule has 6 nitrogen and oxygen atoms in total. The molecular weight excluding hydrogens is 1020 g/mol. The van der Waals surface area contributed by atoms with E-state index in [1.165, 1.54) is 212 Å². The van der Waals surface area contributed by atoms with Gasteiger partial charge in [-0.05, 0) is 116 Å². The molecule has 0 saturated carbocycles. The Morgan fingerprint density at radius 2 is 0.482 bits per heavy atom. The van der Waals surface area contributed by atoms with Gasteiger partial charge in [0.15, 0.2) is 6.10 Å². The van der Waals surface area contributed by atoms with Crippen LogP contribution in [0.15, 0.2) is 97.2 Å². The Bertz CT molecular complexity index is 1610. The van der Waals surface area contributed by atoms with Gasteiger partial charge in [-0.15, -0.1) is 0 Å². The zero-order chi connectivity index (χ0) is 59.9. The van der Waals surface area contributed by atoms with Gasteiger partial charge in [0.1, 0.15) is 13.2 Å². The van der Waals surface area contributed by atoms with Gasteiger partial charge in [-0.25, -0.2) is 0 Å². The van der Waals surface area contributed by atoms with E-state index in [2.05, 4.69) is 118 Å². The SMILES string of the molecule is CC/C=C\C/C=C\C/C=C\C/C=C\C/C=C\C/C=C\CCCCCCCCCCCCC(=O)OCC(COC(=O)CCCCCCC/C=C\CCCC)OC(=O)CCCCCCCCCCCCCCC/C=C\CCCCCCCCCC. The Morgan fingerprint density at radius 1 is 0.253 bits per heavy atom. The third-order valence-corrected chi connectivity index (χ3v) is 15.5. The average molecular weight is 1160 g/mol. The molecule has 0 spiro atoms. The van der Waals surface area contributed by atoms with Crippen molar-refractivity contribution in [2.24, 2.45) is 0 Å². The van der Waals surface area contributed by atoms with E-state index in [1.54, 1.807) is 0 Å². The van der Waals surface area contributed by atoms with Gasteiger partial charge in [-0.2, -0.15) is 0 Å². The summed E-state index contributed by atoms with van der Waals surface area (Å²) in [5.41, 5.74) is 0. The number of rotatable bonds is 65. The molecule has 478 valence electrons. The normalized spacial score (nSPS) is 12.7. The van der Waals surface area contributed by atoms with E-state index in [9.17, 15) is 14.4 Å². The Balaban J connectivity index is 4.23. The van der Waals surface area contributed by atoms with E-state index in [0.29, 0.717) is 19.3 Å². The van der Waals surface area contributed by atoms with Crippen LogP contribution in [0.2, 0.25) is 0 Å². The second kappa shape index (κ2) is 70.8. The van der Waals surface area contributed by atoms with Gasteiger partial charge in [0, 0.05) is 19.3 Å². The molecule has 0 aromatic heterocycles. The molecule has 6 heteroatoms. The average Bonchev–Trinajstić information content (AvgIpc) is 3.48. The number of esters is 3. The highest BCUT2D eigenvalue weighted by atomic mass is 16.6. The lowest BCUT2D eigenvalue weighted by atomic mass is 10.0. The predicted molar refractivity (Wildman–Crippen MR) is 362 cm³/mol. The Hall–Kier alpha value is -3.67. The molecule has 83 heavy (non-hydrogen) atoms. The zero-order valence-electron chi connectivity index (χ0n) is 54.9. The standard InChI is InChI=1S/C77H134O6/c1-4-7-10-13-16-19-22-24-26-28-30-32-34-36-37-38-39-41-42-44-46-48-50-52-55-58-61-64-67-70-76(79)82-73-74(72-81-75(78)69-66-63-60-57-54-21-18-15-12-9-6-3)83-77(80)71-68-65-62-59-56-53-51-49-47-45-43-40-35-33-31-29-27-25-23-20-17-14-11-8-5-2/h7,10,15-16,18-19,24,26,29-32,36-37,39,41,74H,4-6,8-9,11-14,17,20-23,25,27-28,33-35,38,40,42-73H2,1-3H3/b10-7-,18-15-,19-16-,26-24-,31-29-,32-30-,37-36-,41-39-. The number of carbonyl (C=O) groups excluding carboxylic acids is 3. The first kappa shape index (κ1) is 79.3. The van der Waals surface area contributed by atoms with Gasteiger partial charge in [-0.3, -0.25) is 14.4 Å². The van der Waals surface area contributed by atoms with Gasteiger partial charge in [0.2, 0.25) is 0 Å². The summed E-state index contributed by atoms with van der Waals surface area (Å²) in [7, 11) is 0. The van der Waals surface area contributed by atoms with E-state index >= 15 is 0 Å². The first-order valence-electron chi connectivity index (χ1n) is 35.7. The van der Waals surface area contributed by atoms with E-state index in [1.807, 2.05) is 0 Å². The molecule has 0 saturated heterocycles. The van der Waals surface area contributed by atoms with Gasteiger partial charge < -0.3 is 14.2 Å². The maximum Gasteiger partial charge on any atom is 0.306 e. The molecular formula is C77H134O6. The smallest absolute Gasteiger partial charge is 0.306 e. The van der Waals surface area contributed by atoms with E-state index < -0.39 is 6.10 Å². The molecule has 0 aromatic carbocycles. The van der Waals surface area contributed by atoms with Crippen LogP contribution in [0.5, 0.6) is 0 Å². The summed E-state index contributed by atoms with van der Waals surface area (Å²) < 4.78 is 17.0. The van der Waals surface area contributed by atoms with Crippen molar-refractivity contribution in [2.45, 2.75) is 361 Å². The van der Waals surface area contributed by atoms with E-state index in [4.69, 9.17) is 14.2 Å². The van der Waals surface area contributed by atoms with Crippen molar-refractivity contribution in [3.05, 3.63) is 97.2 Å². The number of hydrogen-bond acceptors (Lipinski definition) is 6. The molecule has 0 aliphatic heterocycles. The van der Waals surface area contributed by atoms with Crippen LogP contribution < -0.4 is 0 Å². The maximum atomic E-state index is 12.9. The Labute approximate surface area is 515 Å². The number of hydrogen-bond donors (Lipinski definition) is 0. The molecule has 0 aromatic rings. The fourth-order valence-electron chi connectivity index (χ4n) is 10.2. The highest BCUT2D eigenvalue weighted by Crippen LogP contribution is 2.17. The van der Waals surface area contributed by atoms with Crippen LogP contribution >= 0.6 is 0 Å². The lowest BCUT2D eigenvalue weighted by Gasteiger charge is -2.18. The Morgan fingerprint density at radius 3 is 0.783 bits per heavy atom. The van der Waals surface area contributed by atoms with Crippen LogP contribution in [0.1, 0.15) is 355 Å². The number of allylic oxidation sites excluding steroid dienone is 16. The number of ether oxygens (including phenoxy) is 3. The van der Waals surface area contributed by atoms with Crippen LogP contribution in [0.25, 0.3) is 0 Å². The second-order valence-corrected chi connectivity index (χ2v) is 23.8. The van der Waals surface area contributed by atoms with Crippen LogP contribution in [0.3, 0.4) is 0 Å². The van der Waals surface area contributed by atoms with Crippen molar-refractivity contribution < 1.29 is 28.6 Å². The van der Waals surface area contributed by atoms with Crippen LogP contribution in [0, 0.1) is 0 Å². The fraction of sp³-hybridized carbons (Fsp3) is 0.753. The molecule has 0 aliphatic carbocycles. The van der Waals surface area contributed by atoms with Gasteiger partial charge in [0.05, 0.1) is 0 Å². The molecule has 0 aliphatic rings. The predicted octanol–water partition coefficient (Wildman–Crippen LogP) is 24.8. The molecule has 0 amide bonds. The van der Waals surface area contributed by atoms with Gasteiger partial charge in [0.25, 0.3) is 0 Å². The summed E-state index contributed by atoms with van der Waals surface area (Å²) in [6.07, 6.45) is 95.8. The van der Waals surface area contributed by atoms with Crippen molar-refractivity contribution in [1.29, 1.82) is 0 Å². The summed E-state index contributed by atoms with van der Waals surface area (Å²) in [4.78, 5) is 38.4. The molecule has 0 bridgehead atoms. The highest BCUT2D eigenvalue weighted by molar-refractivity contribution is 5.71. The van der Waals surface area contributed by atoms with Crippen molar-refractivity contribution in [1.82, 2.24) is 0 Å². The Kier molecular flexibility index (Phi) is 67.7. The van der Waals surface area contributed by atoms with Crippen LogP contribution in [-0.4, -0.2) is 37.2 Å². The zero-order valence-corrected chi connectivity index (χ0v) is 54.9. The first-order valence-corrected chi connectivity index (χ1v) is 35.7. The highest BCUT2D eigenvalue weighted by Gasteiger charge is 2.19. The minimum atomic E-state index is -0.784. The fourth-order valence-corrected chi connectivity index (χ4v) is 10.2. The first-order chi connectivity index (χ1) is 41.0. The molecule has 1 atom stereocenters. The second-order valence-electron chi connectivity index (χ2n) is 23.8. The lowest BCUT2D eigenvalue weighted by Crippen LogP contribution is -2.30. The largest absolute Gasteiger partial charge is 0.462 e. The van der Waals surface area contributed by atoms with Crippen molar-refractivity contribution in [3.8, 4) is 0 Å². The summed E-state index contributed by atoms with van der Waals surface area (Å²) >= 11 is 0. The molecule has 0 radical (unpaired) electrons. The number of unbranched alkanes of at least 4 members (excludes halogenated alkanes) is 38. The minimum Gasteiger partial charge on any atom is -0.462 e. The van der Waals surface area contributed by atoms with Crippen LogP contribution in [-0.2, 0) is 28.6 Å². The van der Waals surface area contributed by atoms with Gasteiger partial charge in [-0.1, -0.05) is 317 Å². The summed E-state index contributed by atoms with van der Waals surface area (Å²) in [5, 5.41) is 0. The van der Waals surface area contributed by atoms with Gasteiger partial charge >= 0.3 is 17.9 Å².